The third kappa shape index (κ3) is 10.5. The monoisotopic (exact) mass is 1240 g/mol. The van der Waals surface area contributed by atoms with Crippen LogP contribution in [0.25, 0.3) is 0 Å². The van der Waals surface area contributed by atoms with Crippen LogP contribution in [-0.4, -0.2) is 133 Å². The largest absolute Gasteiger partial charge is 0.452 e. The van der Waals surface area contributed by atoms with Gasteiger partial charge in [-0.2, -0.15) is 0 Å². The minimum atomic E-state index is -4.82. The maximum absolute atomic E-state index is 17.1. The van der Waals surface area contributed by atoms with Gasteiger partial charge in [-0.05, 0) is 36.4 Å². The number of aliphatic hydroxyl groups excluding tert-OH is 2. The summed E-state index contributed by atoms with van der Waals surface area (Å²) in [5.74, 6) is -17.5. The fraction of sp³-hybridized carbons (Fsp3) is 0.164. The molecular formula is C67H51BrO19. The van der Waals surface area contributed by atoms with Gasteiger partial charge < -0.3 is 48.8 Å². The zero-order valence-electron chi connectivity index (χ0n) is 45.5. The number of halogens is 1. The van der Waals surface area contributed by atoms with Crippen molar-refractivity contribution >= 4 is 63.1 Å². The van der Waals surface area contributed by atoms with Crippen molar-refractivity contribution in [3.05, 3.63) is 287 Å². The number of hydrogen-bond acceptors (Lipinski definition) is 19. The highest BCUT2D eigenvalue weighted by atomic mass is 79.9. The molecule has 2 heterocycles. The number of rotatable bonds is 20. The first-order chi connectivity index (χ1) is 42.0. The van der Waals surface area contributed by atoms with Crippen LogP contribution in [0.5, 0.6) is 0 Å². The molecule has 0 aliphatic carbocycles. The molecule has 87 heavy (non-hydrogen) atoms. The minimum Gasteiger partial charge on any atom is -0.452 e. The van der Waals surface area contributed by atoms with Crippen molar-refractivity contribution in [3.63, 3.8) is 0 Å². The third-order valence-electron chi connectivity index (χ3n) is 15.0. The molecular weight excluding hydrogens is 1190 g/mol. The van der Waals surface area contributed by atoms with E-state index < -0.39 is 146 Å². The molecule has 0 bridgehead atoms. The maximum atomic E-state index is 17.1. The zero-order valence-corrected chi connectivity index (χ0v) is 47.1. The van der Waals surface area contributed by atoms with Gasteiger partial charge in [-0.25, -0.2) is 14.4 Å². The quantitative estimate of drug-likeness (QED) is 0.0322. The Kier molecular flexibility index (Phi) is 17.7. The first kappa shape index (κ1) is 60.8. The first-order valence-corrected chi connectivity index (χ1v) is 27.5. The number of Topliss-reactive ketones (excluding diaryl/α,β-unsaturated/α-hetero) is 5. The molecule has 0 saturated carbocycles. The Labute approximate surface area is 504 Å². The number of carbonyl (C=O) groups excluding carboxylic acids is 8. The fourth-order valence-electron chi connectivity index (χ4n) is 10.9. The Morgan fingerprint density at radius 1 is 0.402 bits per heavy atom. The highest BCUT2D eigenvalue weighted by Gasteiger charge is 2.93. The van der Waals surface area contributed by atoms with Crippen molar-refractivity contribution in [1.29, 1.82) is 0 Å². The molecule has 8 aromatic rings. The first-order valence-electron chi connectivity index (χ1n) is 26.9. The van der Waals surface area contributed by atoms with Crippen LogP contribution in [0.3, 0.4) is 0 Å². The van der Waals surface area contributed by atoms with Gasteiger partial charge in [-0.1, -0.05) is 206 Å². The lowest BCUT2D eigenvalue weighted by atomic mass is 9.50. The van der Waals surface area contributed by atoms with Crippen molar-refractivity contribution in [1.82, 2.24) is 0 Å². The molecule has 2 aliphatic rings. The average Bonchev–Trinajstić information content (AvgIpc) is 0.643. The van der Waals surface area contributed by atoms with E-state index in [1.54, 1.807) is 12.1 Å². The van der Waals surface area contributed by atoms with Crippen LogP contribution in [0.2, 0.25) is 0 Å². The van der Waals surface area contributed by atoms with Crippen molar-refractivity contribution in [2.24, 2.45) is 0 Å². The summed E-state index contributed by atoms with van der Waals surface area (Å²) in [7, 11) is 0. The van der Waals surface area contributed by atoms with E-state index in [0.717, 1.165) is 60.7 Å². The van der Waals surface area contributed by atoms with Gasteiger partial charge in [-0.15, -0.1) is 0 Å². The predicted molar refractivity (Wildman–Crippen MR) is 309 cm³/mol. The molecule has 0 unspecified atom stereocenters. The molecule has 2 fully saturated rings. The van der Waals surface area contributed by atoms with Crippen LogP contribution in [0.15, 0.2) is 243 Å². The van der Waals surface area contributed by atoms with E-state index in [0.29, 0.717) is 0 Å². The van der Waals surface area contributed by atoms with E-state index in [1.165, 1.54) is 170 Å². The van der Waals surface area contributed by atoms with Gasteiger partial charge in [0, 0.05) is 27.8 Å². The molecule has 440 valence electrons. The van der Waals surface area contributed by atoms with Gasteiger partial charge in [0.15, 0.2) is 24.1 Å². The van der Waals surface area contributed by atoms with Gasteiger partial charge in [-0.3, -0.25) is 27.8 Å². The number of benzene rings is 8. The minimum absolute atomic E-state index is 0.0703. The Morgan fingerprint density at radius 3 is 1.10 bits per heavy atom. The van der Waals surface area contributed by atoms with Gasteiger partial charge in [0.25, 0.3) is 0 Å². The number of ether oxygens (including phenoxy) is 6. The number of aliphatic hydroxyl groups is 4. The molecule has 0 aromatic heterocycles. The number of hydrogen-bond donors (Lipinski definition) is 4. The molecule has 4 N–H and O–H groups in total. The standard InChI is InChI=1S/C67H51BrO19/c68-86-62-52(82-59(77)48-37-21-7-22-38-48)51(81-58(76)47-35-19-6-20-36-47)50(70)61(83-62)85-66(56(74)45-31-15-4-16-32-45)63(41-69,53(71)42-25-9-1-10-26-42)87-67(57(75)46-33-17-5-18-34-46,84-60(78)49-39-23-8-24-40-49)65(80,55(73)44-29-13-3-14-30-44)64(66,79)54(72)43-27-11-2-12-28-43/h1-40,50-52,61-62,69-70,79-80H,41H2/t50-,51+,52+,61+,62+,63+,64+,65+,66-,67-/m1/s1. The second-order valence-corrected chi connectivity index (χ2v) is 20.5. The lowest BCUT2D eigenvalue weighted by Crippen LogP contribution is -2.96. The second kappa shape index (κ2) is 25.3. The topological polar surface area (TPSA) is 282 Å². The van der Waals surface area contributed by atoms with Crippen LogP contribution < -0.4 is 0 Å². The highest BCUT2D eigenvalue weighted by Crippen LogP contribution is 2.61. The smallest absolute Gasteiger partial charge is 0.341 e. The Balaban J connectivity index is 1.36. The van der Waals surface area contributed by atoms with E-state index in [9.17, 15) is 24.9 Å². The molecule has 19 nitrogen and oxygen atoms in total. The predicted octanol–water partition coefficient (Wildman–Crippen LogP) is 7.75. The summed E-state index contributed by atoms with van der Waals surface area (Å²) in [6.45, 7) is -2.06. The summed E-state index contributed by atoms with van der Waals surface area (Å²) < 4.78 is 43.7. The lowest BCUT2D eigenvalue weighted by Gasteiger charge is -2.66. The second-order valence-electron chi connectivity index (χ2n) is 20.1. The molecule has 20 heteroatoms. The molecule has 8 aromatic carbocycles. The van der Waals surface area contributed by atoms with Crippen molar-refractivity contribution in [2.75, 3.05) is 6.61 Å². The van der Waals surface area contributed by atoms with Crippen LogP contribution >= 0.6 is 16.3 Å². The summed E-state index contributed by atoms with van der Waals surface area (Å²) in [6, 6.07) is 52.0. The fourth-order valence-corrected chi connectivity index (χ4v) is 11.2. The molecule has 2 saturated heterocycles. The summed E-state index contributed by atoms with van der Waals surface area (Å²) in [6.07, 6.45) is -12.2. The summed E-state index contributed by atoms with van der Waals surface area (Å²) in [5, 5.41) is 56.1. The third-order valence-corrected chi connectivity index (χ3v) is 15.4. The molecule has 10 atom stereocenters. The Morgan fingerprint density at radius 2 is 0.724 bits per heavy atom. The normalized spacial score (nSPS) is 25.8. The van der Waals surface area contributed by atoms with Gasteiger partial charge in [0.2, 0.25) is 52.0 Å². The van der Waals surface area contributed by atoms with Crippen molar-refractivity contribution < 1.29 is 91.0 Å². The number of ketones is 5. The van der Waals surface area contributed by atoms with Gasteiger partial charge in [0.05, 0.1) is 23.3 Å². The molecule has 2 aliphatic heterocycles. The summed E-state index contributed by atoms with van der Waals surface area (Å²) >= 11 is 2.86. The number of esters is 3. The Bertz CT molecular complexity index is 3810. The number of carbonyl (C=O) groups is 8. The van der Waals surface area contributed by atoms with Gasteiger partial charge in [0.1, 0.15) is 22.4 Å². The summed E-state index contributed by atoms with van der Waals surface area (Å²) in [5.41, 5.74) is -22.0. The van der Waals surface area contributed by atoms with Gasteiger partial charge >= 0.3 is 23.7 Å². The van der Waals surface area contributed by atoms with E-state index in [1.807, 2.05) is 0 Å². The van der Waals surface area contributed by atoms with Crippen LogP contribution in [0, 0.1) is 0 Å². The van der Waals surface area contributed by atoms with E-state index in [4.69, 9.17) is 32.2 Å². The van der Waals surface area contributed by atoms with E-state index in [-0.39, 0.29) is 11.1 Å². The molecule has 0 spiro atoms. The highest BCUT2D eigenvalue weighted by molar-refractivity contribution is 9.06. The molecule has 0 radical (unpaired) electrons. The molecule has 0 amide bonds. The van der Waals surface area contributed by atoms with E-state index >= 15 is 33.9 Å². The lowest BCUT2D eigenvalue weighted by molar-refractivity contribution is -0.429. The summed E-state index contributed by atoms with van der Waals surface area (Å²) in [4.78, 5) is 127. The molecule has 10 rings (SSSR count). The SMILES string of the molecule is O=C(O[C@@H]1[C@H](OBr)O[C@@H](O[C@@]2(C(=O)c3ccccc3)[C@](O)(C(=O)c3ccccc3)[C@@](O)(C(=O)c3ccccc3)[C@@](OC(=O)c3ccccc3)(C(=O)c3ccccc3)O[C@@]2(CO)C(=O)c2ccccc2)[C@H](O)[C@@H]1OC(=O)c1ccccc1)c1ccccc1. The maximum Gasteiger partial charge on any atom is 0.341 e. The van der Waals surface area contributed by atoms with Crippen molar-refractivity contribution in [2.45, 2.75) is 59.1 Å². The van der Waals surface area contributed by atoms with Crippen molar-refractivity contribution in [3.8, 4) is 0 Å². The zero-order chi connectivity index (χ0) is 61.6. The average molecular weight is 1240 g/mol. The van der Waals surface area contributed by atoms with Crippen LogP contribution in [-0.2, 0) is 32.2 Å². The Hall–Kier alpha value is -9.32. The van der Waals surface area contributed by atoms with Crippen LogP contribution in [0.1, 0.15) is 82.9 Å². The van der Waals surface area contributed by atoms with Crippen LogP contribution in [0.4, 0.5) is 0 Å². The van der Waals surface area contributed by atoms with E-state index in [2.05, 4.69) is 16.3 Å².